The van der Waals surface area contributed by atoms with E-state index >= 15 is 0 Å². The molecule has 0 saturated carbocycles. The Kier molecular flexibility index (Phi) is 3.94. The first kappa shape index (κ1) is 13.9. The van der Waals surface area contributed by atoms with Gasteiger partial charge < -0.3 is 13.9 Å². The lowest BCUT2D eigenvalue weighted by Crippen LogP contribution is -1.99. The summed E-state index contributed by atoms with van der Waals surface area (Å²) in [5, 5.41) is 0.717. The fourth-order valence-corrected chi connectivity index (χ4v) is 1.95. The van der Waals surface area contributed by atoms with E-state index in [4.69, 9.17) is 13.9 Å². The molecule has 0 spiro atoms. The van der Waals surface area contributed by atoms with Crippen molar-refractivity contribution in [2.75, 3.05) is 14.2 Å². The third-order valence-corrected chi connectivity index (χ3v) is 2.84. The molecule has 4 nitrogen and oxygen atoms in total. The molecule has 0 aliphatic rings. The summed E-state index contributed by atoms with van der Waals surface area (Å²) < 4.78 is 16.0. The third kappa shape index (κ3) is 2.59. The van der Waals surface area contributed by atoms with Crippen molar-refractivity contribution < 1.29 is 13.9 Å². The number of rotatable bonds is 4. The molecule has 104 valence electrons. The van der Waals surface area contributed by atoms with Crippen molar-refractivity contribution in [2.24, 2.45) is 0 Å². The molecular formula is C16H16O4. The average molecular weight is 272 g/mol. The number of fused-ring (bicyclic) bond motifs is 1. The lowest BCUT2D eigenvalue weighted by atomic mass is 10.1. The maximum Gasteiger partial charge on any atom is 0.336 e. The van der Waals surface area contributed by atoms with Crippen LogP contribution in [0.25, 0.3) is 17.0 Å². The largest absolute Gasteiger partial charge is 0.496 e. The van der Waals surface area contributed by atoms with Crippen molar-refractivity contribution >= 4 is 17.0 Å². The first-order valence-corrected chi connectivity index (χ1v) is 6.09. The zero-order valence-electron chi connectivity index (χ0n) is 11.7. The van der Waals surface area contributed by atoms with E-state index in [0.29, 0.717) is 22.5 Å². The number of ether oxygens (including phenoxy) is 2. The number of hydrogen-bond donors (Lipinski definition) is 0. The van der Waals surface area contributed by atoms with Crippen LogP contribution in [-0.4, -0.2) is 14.2 Å². The summed E-state index contributed by atoms with van der Waals surface area (Å²) in [5.41, 5.74) is 1.71. The van der Waals surface area contributed by atoms with Gasteiger partial charge >= 0.3 is 5.63 Å². The van der Waals surface area contributed by atoms with Crippen LogP contribution in [0.3, 0.4) is 0 Å². The van der Waals surface area contributed by atoms with Gasteiger partial charge in [-0.3, -0.25) is 0 Å². The molecule has 0 atom stereocenters. The highest BCUT2D eigenvalue weighted by Gasteiger charge is 2.14. The minimum absolute atomic E-state index is 0.410. The fraction of sp³-hybridized carbons (Fsp3) is 0.188. The van der Waals surface area contributed by atoms with Gasteiger partial charge in [0, 0.05) is 12.1 Å². The van der Waals surface area contributed by atoms with E-state index < -0.39 is 5.63 Å². The SMILES string of the molecule is C=C(C)/C=C/c1c(OC)cc2oc(=O)ccc2c1OC. The van der Waals surface area contributed by atoms with Gasteiger partial charge in [0.05, 0.1) is 25.2 Å². The van der Waals surface area contributed by atoms with Crippen molar-refractivity contribution in [2.45, 2.75) is 6.92 Å². The molecule has 0 N–H and O–H groups in total. The molecule has 1 heterocycles. The highest BCUT2D eigenvalue weighted by Crippen LogP contribution is 2.37. The molecule has 20 heavy (non-hydrogen) atoms. The van der Waals surface area contributed by atoms with E-state index in [1.54, 1.807) is 26.4 Å². The molecule has 0 bridgehead atoms. The van der Waals surface area contributed by atoms with Crippen molar-refractivity contribution in [3.8, 4) is 11.5 Å². The highest BCUT2D eigenvalue weighted by atomic mass is 16.5. The normalized spacial score (nSPS) is 10.9. The maximum atomic E-state index is 11.3. The number of benzene rings is 1. The zero-order valence-corrected chi connectivity index (χ0v) is 11.7. The predicted octanol–water partition coefficient (Wildman–Crippen LogP) is 3.40. The molecule has 0 aliphatic heterocycles. The van der Waals surface area contributed by atoms with E-state index in [-0.39, 0.29) is 0 Å². The van der Waals surface area contributed by atoms with Crippen LogP contribution >= 0.6 is 0 Å². The van der Waals surface area contributed by atoms with Crippen molar-refractivity contribution in [1.82, 2.24) is 0 Å². The minimum atomic E-state index is -0.410. The van der Waals surface area contributed by atoms with Crippen LogP contribution in [0.15, 0.2) is 45.6 Å². The summed E-state index contributed by atoms with van der Waals surface area (Å²) in [6.45, 7) is 5.73. The Morgan fingerprint density at radius 3 is 2.65 bits per heavy atom. The number of methoxy groups -OCH3 is 2. The average Bonchev–Trinajstić information content (AvgIpc) is 2.43. The van der Waals surface area contributed by atoms with Gasteiger partial charge in [0.15, 0.2) is 0 Å². The lowest BCUT2D eigenvalue weighted by Gasteiger charge is -2.12. The Balaban J connectivity index is 2.80. The zero-order chi connectivity index (χ0) is 14.7. The smallest absolute Gasteiger partial charge is 0.336 e. The van der Waals surface area contributed by atoms with E-state index in [2.05, 4.69) is 6.58 Å². The van der Waals surface area contributed by atoms with Crippen LogP contribution in [0.5, 0.6) is 11.5 Å². The molecular weight excluding hydrogens is 256 g/mol. The summed E-state index contributed by atoms with van der Waals surface area (Å²) >= 11 is 0. The molecule has 0 amide bonds. The summed E-state index contributed by atoms with van der Waals surface area (Å²) in [7, 11) is 3.12. The van der Waals surface area contributed by atoms with Gasteiger partial charge in [0.2, 0.25) is 0 Å². The van der Waals surface area contributed by atoms with E-state index in [1.807, 2.05) is 19.1 Å². The Bertz CT molecular complexity index is 738. The van der Waals surface area contributed by atoms with Gasteiger partial charge in [-0.05, 0) is 19.1 Å². The monoisotopic (exact) mass is 272 g/mol. The summed E-state index contributed by atoms with van der Waals surface area (Å²) in [4.78, 5) is 11.3. The maximum absolute atomic E-state index is 11.3. The van der Waals surface area contributed by atoms with Crippen LogP contribution in [-0.2, 0) is 0 Å². The van der Waals surface area contributed by atoms with E-state index in [9.17, 15) is 4.79 Å². The molecule has 0 saturated heterocycles. The van der Waals surface area contributed by atoms with E-state index in [1.165, 1.54) is 6.07 Å². The molecule has 0 aliphatic carbocycles. The molecule has 0 radical (unpaired) electrons. The van der Waals surface area contributed by atoms with Crippen LogP contribution in [0, 0.1) is 0 Å². The van der Waals surface area contributed by atoms with Crippen LogP contribution < -0.4 is 15.1 Å². The second-order valence-corrected chi connectivity index (χ2v) is 4.37. The van der Waals surface area contributed by atoms with Crippen LogP contribution in [0.1, 0.15) is 12.5 Å². The van der Waals surface area contributed by atoms with Crippen LogP contribution in [0.2, 0.25) is 0 Å². The summed E-state index contributed by atoms with van der Waals surface area (Å²) in [5.74, 6) is 1.17. The molecule has 0 fully saturated rings. The first-order chi connectivity index (χ1) is 9.56. The summed E-state index contributed by atoms with van der Waals surface area (Å²) in [6.07, 6.45) is 3.73. The van der Waals surface area contributed by atoms with Gasteiger partial charge in [-0.25, -0.2) is 4.79 Å². The fourth-order valence-electron chi connectivity index (χ4n) is 1.95. The van der Waals surface area contributed by atoms with Gasteiger partial charge in [0.25, 0.3) is 0 Å². The van der Waals surface area contributed by atoms with Crippen molar-refractivity contribution in [1.29, 1.82) is 0 Å². The van der Waals surface area contributed by atoms with Crippen LogP contribution in [0.4, 0.5) is 0 Å². The van der Waals surface area contributed by atoms with Crippen molar-refractivity contribution in [3.05, 3.63) is 52.4 Å². The molecule has 4 heteroatoms. The van der Waals surface area contributed by atoms with E-state index in [0.717, 1.165) is 11.1 Å². The molecule has 1 aromatic carbocycles. The van der Waals surface area contributed by atoms with Gasteiger partial charge in [-0.1, -0.05) is 18.2 Å². The molecule has 2 aromatic rings. The standard InChI is InChI=1S/C16H16O4/c1-10(2)5-6-11-13(18-3)9-14-12(16(11)19-4)7-8-15(17)20-14/h5-9H,1H2,2-4H3/b6-5+. The van der Waals surface area contributed by atoms with Gasteiger partial charge in [-0.2, -0.15) is 0 Å². The molecule has 0 unspecified atom stereocenters. The molecule has 1 aromatic heterocycles. The minimum Gasteiger partial charge on any atom is -0.496 e. The number of allylic oxidation sites excluding steroid dienone is 2. The third-order valence-electron chi connectivity index (χ3n) is 2.84. The Hall–Kier alpha value is -2.49. The lowest BCUT2D eigenvalue weighted by molar-refractivity contribution is 0.394. The van der Waals surface area contributed by atoms with Crippen molar-refractivity contribution in [3.63, 3.8) is 0 Å². The highest BCUT2D eigenvalue weighted by molar-refractivity contribution is 5.90. The predicted molar refractivity (Wildman–Crippen MR) is 79.4 cm³/mol. The van der Waals surface area contributed by atoms with Gasteiger partial charge in [0.1, 0.15) is 17.1 Å². The summed E-state index contributed by atoms with van der Waals surface area (Å²) in [6, 6.07) is 4.72. The topological polar surface area (TPSA) is 48.7 Å². The Morgan fingerprint density at radius 1 is 1.30 bits per heavy atom. The van der Waals surface area contributed by atoms with Gasteiger partial charge in [-0.15, -0.1) is 0 Å². The second kappa shape index (κ2) is 5.65. The Labute approximate surface area is 116 Å². The molecule has 2 rings (SSSR count). The Morgan fingerprint density at radius 2 is 2.05 bits per heavy atom. The quantitative estimate of drug-likeness (QED) is 0.632. The second-order valence-electron chi connectivity index (χ2n) is 4.37. The number of hydrogen-bond acceptors (Lipinski definition) is 4. The first-order valence-electron chi connectivity index (χ1n) is 6.09.